The molecule has 0 spiro atoms. The van der Waals surface area contributed by atoms with E-state index in [-0.39, 0.29) is 5.75 Å². The van der Waals surface area contributed by atoms with Crippen molar-refractivity contribution < 1.29 is 12.9 Å². The highest BCUT2D eigenvalue weighted by atomic mass is 32.2. The van der Waals surface area contributed by atoms with Gasteiger partial charge in [-0.05, 0) is 42.1 Å². The quantitative estimate of drug-likeness (QED) is 0.232. The van der Waals surface area contributed by atoms with Crippen LogP contribution in [0.3, 0.4) is 0 Å². The molecule has 31 heavy (non-hydrogen) atoms. The second-order valence-corrected chi connectivity index (χ2v) is 6.77. The second-order valence-electron chi connectivity index (χ2n) is 6.17. The molecule has 0 aliphatic heterocycles. The van der Waals surface area contributed by atoms with Gasteiger partial charge in [-0.3, -0.25) is 4.55 Å². The van der Waals surface area contributed by atoms with Crippen molar-refractivity contribution in [2.75, 3.05) is 12.8 Å². The number of nitrogens with zero attached hydrogens (tertiary/aromatic N) is 2. The van der Waals surface area contributed by atoms with E-state index in [0.717, 1.165) is 10.8 Å². The third-order valence-electron chi connectivity index (χ3n) is 3.18. The first-order chi connectivity index (χ1) is 14.9. The summed E-state index contributed by atoms with van der Waals surface area (Å²) in [5.41, 5.74) is 11.8. The van der Waals surface area contributed by atoms with Crippen LogP contribution < -0.4 is 15.7 Å². The third kappa shape index (κ3) is 11.2. The van der Waals surface area contributed by atoms with Crippen LogP contribution >= 0.6 is 0 Å². The number of hydrogen-bond acceptors (Lipinski definition) is 6. The van der Waals surface area contributed by atoms with Gasteiger partial charge in [0.2, 0.25) is 0 Å². The normalized spacial score (nSPS) is 10.7. The van der Waals surface area contributed by atoms with E-state index in [1.165, 1.54) is 38.1 Å². The van der Waals surface area contributed by atoms with Gasteiger partial charge >= 0.3 is 11.4 Å². The maximum atomic E-state index is 10.7. The van der Waals surface area contributed by atoms with E-state index in [0.29, 0.717) is 17.1 Å². The number of azo groups is 1. The first-order valence-corrected chi connectivity index (χ1v) is 11.1. The molecule has 0 saturated carbocycles. The largest absolute Gasteiger partial charge is 0.397 e. The van der Waals surface area contributed by atoms with E-state index in [1.54, 1.807) is 0 Å². The zero-order valence-corrected chi connectivity index (χ0v) is 19.7. The van der Waals surface area contributed by atoms with Gasteiger partial charge in [0.25, 0.3) is 0 Å². The maximum Gasteiger partial charge on any atom is 0.357 e. The van der Waals surface area contributed by atoms with Crippen LogP contribution in [-0.4, -0.2) is 15.8 Å². The predicted octanol–water partition coefficient (Wildman–Crippen LogP) is 6.76. The average Bonchev–Trinajstić information content (AvgIpc) is 2.76. The highest BCUT2D eigenvalue weighted by Crippen LogP contribution is 2.30. The Morgan fingerprint density at radius 3 is 2.03 bits per heavy atom. The Morgan fingerprint density at radius 1 is 0.871 bits per heavy atom. The molecule has 0 fully saturated rings. The summed E-state index contributed by atoms with van der Waals surface area (Å²) in [7, 11) is 1.50. The summed E-state index contributed by atoms with van der Waals surface area (Å²) in [4.78, 5) is 0. The summed E-state index contributed by atoms with van der Waals surface area (Å²) in [6.45, 7) is 8.50. The first-order valence-electron chi connectivity index (χ1n) is 10.1. The number of nitrogens with two attached hydrogens (primary N) is 2. The second kappa shape index (κ2) is 16.9. The molecule has 1 unspecified atom stereocenters. The molecule has 1 atom stereocenters. The summed E-state index contributed by atoms with van der Waals surface area (Å²) in [5.74, 6) is 0.187. The summed E-state index contributed by atoms with van der Waals surface area (Å²) in [6, 6.07) is 18.1. The van der Waals surface area contributed by atoms with Crippen molar-refractivity contribution in [1.29, 1.82) is 0 Å². The van der Waals surface area contributed by atoms with Gasteiger partial charge in [0.05, 0.1) is 11.4 Å². The first kappa shape index (κ1) is 28.2. The zero-order chi connectivity index (χ0) is 23.6. The van der Waals surface area contributed by atoms with Crippen molar-refractivity contribution in [2.45, 2.75) is 40.5 Å². The Hall–Kier alpha value is -2.81. The lowest BCUT2D eigenvalue weighted by Gasteiger charge is -2.03. The molecule has 8 heteroatoms. The van der Waals surface area contributed by atoms with Gasteiger partial charge in [0, 0.05) is 6.07 Å². The van der Waals surface area contributed by atoms with Gasteiger partial charge in [-0.25, -0.2) is 0 Å². The lowest BCUT2D eigenvalue weighted by atomic mass is 10.1. The van der Waals surface area contributed by atoms with Crippen molar-refractivity contribution in [3.05, 3.63) is 60.7 Å². The smallest absolute Gasteiger partial charge is 0.357 e. The molecule has 0 aliphatic carbocycles. The van der Waals surface area contributed by atoms with Crippen LogP contribution in [0.1, 0.15) is 40.5 Å². The Kier molecular flexibility index (Phi) is 15.4. The molecule has 3 rings (SSSR count). The minimum absolute atomic E-state index is 0.187. The number of nitrogen functional groups attached to an aromatic ring is 1. The summed E-state index contributed by atoms with van der Waals surface area (Å²) in [5, 5.41) is 10.4. The van der Waals surface area contributed by atoms with Crippen molar-refractivity contribution >= 4 is 39.2 Å². The molecule has 0 radical (unpaired) electrons. The molecule has 0 amide bonds. The fourth-order valence-corrected chi connectivity index (χ4v) is 2.36. The molecule has 3 aromatic rings. The van der Waals surface area contributed by atoms with Gasteiger partial charge in [0.15, 0.2) is 0 Å². The summed E-state index contributed by atoms with van der Waals surface area (Å²) in [6.07, 6.45) is 2.50. The number of fused-ring (bicyclic) bond motifs is 1. The Balaban J connectivity index is 0.000000991. The maximum absolute atomic E-state index is 10.7. The van der Waals surface area contributed by atoms with E-state index in [2.05, 4.69) is 43.7 Å². The number of anilines is 1. The van der Waals surface area contributed by atoms with Gasteiger partial charge < -0.3 is 15.7 Å². The Bertz CT molecular complexity index is 947. The van der Waals surface area contributed by atoms with E-state index in [4.69, 9.17) is 14.5 Å². The third-order valence-corrected chi connectivity index (χ3v) is 3.51. The molecular formula is C23H34N4O3S. The molecule has 7 nitrogen and oxygen atoms in total. The van der Waals surface area contributed by atoms with Crippen LogP contribution in [0.4, 0.5) is 17.1 Å². The van der Waals surface area contributed by atoms with E-state index >= 15 is 0 Å². The fraction of sp³-hybridized carbons (Fsp3) is 0.304. The van der Waals surface area contributed by atoms with Crippen LogP contribution in [0.5, 0.6) is 5.75 Å². The predicted molar refractivity (Wildman–Crippen MR) is 132 cm³/mol. The van der Waals surface area contributed by atoms with Crippen molar-refractivity contribution in [3.63, 3.8) is 0 Å². The fourth-order valence-electron chi connectivity index (χ4n) is 2.09. The molecular weight excluding hydrogens is 412 g/mol. The Labute approximate surface area is 188 Å². The van der Waals surface area contributed by atoms with Crippen molar-refractivity contribution in [2.24, 2.45) is 16.0 Å². The van der Waals surface area contributed by atoms with Crippen LogP contribution in [-0.2, 0) is 11.4 Å². The minimum Gasteiger partial charge on any atom is -0.397 e. The van der Waals surface area contributed by atoms with Crippen LogP contribution in [0.15, 0.2) is 70.9 Å². The van der Waals surface area contributed by atoms with E-state index < -0.39 is 11.4 Å². The SMILES string of the molecule is CCC.CCC.CN.Nc1ccc(OS(=O)O)cc1N=Nc1ccc2ccccc2c1. The summed E-state index contributed by atoms with van der Waals surface area (Å²) >= 11 is -2.40. The highest BCUT2D eigenvalue weighted by Gasteiger charge is 2.04. The average molecular weight is 447 g/mol. The molecule has 0 aromatic heterocycles. The van der Waals surface area contributed by atoms with Gasteiger partial charge in [-0.1, -0.05) is 70.9 Å². The van der Waals surface area contributed by atoms with Gasteiger partial charge in [-0.15, -0.1) is 5.11 Å². The number of rotatable bonds is 4. The highest BCUT2D eigenvalue weighted by molar-refractivity contribution is 7.74. The van der Waals surface area contributed by atoms with E-state index in [1.807, 2.05) is 42.5 Å². The van der Waals surface area contributed by atoms with Gasteiger partial charge in [-0.2, -0.15) is 9.32 Å². The lowest BCUT2D eigenvalue weighted by molar-refractivity contribution is 0.458. The zero-order valence-electron chi connectivity index (χ0n) is 18.9. The molecule has 5 N–H and O–H groups in total. The summed E-state index contributed by atoms with van der Waals surface area (Å²) < 4.78 is 24.1. The number of benzene rings is 3. The van der Waals surface area contributed by atoms with Crippen LogP contribution in [0.2, 0.25) is 0 Å². The molecule has 0 saturated heterocycles. The molecule has 0 bridgehead atoms. The molecule has 0 heterocycles. The van der Waals surface area contributed by atoms with Crippen molar-refractivity contribution in [1.82, 2.24) is 0 Å². The topological polar surface area (TPSA) is 123 Å². The minimum atomic E-state index is -2.40. The Morgan fingerprint density at radius 2 is 1.45 bits per heavy atom. The van der Waals surface area contributed by atoms with E-state index in [9.17, 15) is 4.21 Å². The standard InChI is InChI=1S/C16H13N3O3S.2C3H8.CH5N/c17-15-8-7-14(22-23(20)21)10-16(15)19-18-13-6-5-11-3-1-2-4-12(11)9-13;2*1-3-2;1-2/h1-10H,17H2,(H,20,21);2*3H2,1-2H3;2H2,1H3. The monoisotopic (exact) mass is 446 g/mol. The van der Waals surface area contributed by atoms with Gasteiger partial charge in [0.1, 0.15) is 11.4 Å². The van der Waals surface area contributed by atoms with Crippen LogP contribution in [0, 0.1) is 0 Å². The molecule has 0 aliphatic rings. The molecule has 3 aromatic carbocycles. The van der Waals surface area contributed by atoms with Crippen molar-refractivity contribution in [3.8, 4) is 5.75 Å². The molecule has 170 valence electrons. The lowest BCUT2D eigenvalue weighted by Crippen LogP contribution is -1.97. The van der Waals surface area contributed by atoms with Crippen LogP contribution in [0.25, 0.3) is 10.8 Å². The number of hydrogen-bond donors (Lipinski definition) is 3.